The van der Waals surface area contributed by atoms with Gasteiger partial charge in [0.1, 0.15) is 0 Å². The summed E-state index contributed by atoms with van der Waals surface area (Å²) in [6.45, 7) is 4.39. The molecule has 1 fully saturated rings. The van der Waals surface area contributed by atoms with Crippen molar-refractivity contribution in [1.29, 1.82) is 0 Å². The second-order valence-electron chi connectivity index (χ2n) is 7.34. The molecule has 0 saturated heterocycles. The molecule has 1 saturated carbocycles. The molecule has 1 aromatic rings. The van der Waals surface area contributed by atoms with Crippen LogP contribution >= 0.6 is 0 Å². The van der Waals surface area contributed by atoms with Crippen LogP contribution in [0.3, 0.4) is 0 Å². The van der Waals surface area contributed by atoms with Gasteiger partial charge in [-0.1, -0.05) is 68.4 Å². The smallest absolute Gasteiger partial charge is 0.344 e. The zero-order valence-electron chi connectivity index (χ0n) is 16.9. The van der Waals surface area contributed by atoms with Crippen molar-refractivity contribution in [3.05, 3.63) is 35.9 Å². The molecule has 154 valence electrons. The number of esters is 1. The normalized spacial score (nSPS) is 16.9. The number of aliphatic hydroxyl groups is 2. The zero-order valence-corrected chi connectivity index (χ0v) is 16.9. The monoisotopic (exact) mass is 387 g/mol. The van der Waals surface area contributed by atoms with Crippen molar-refractivity contribution >= 4 is 5.97 Å². The molecule has 0 aromatic heterocycles. The second kappa shape index (κ2) is 11.9. The topological polar surface area (TPSA) is 70.0 Å². The average Bonchev–Trinajstić information content (AvgIpc) is 2.76. The maximum Gasteiger partial charge on any atom is 0.344 e. The maximum absolute atomic E-state index is 12.9. The van der Waals surface area contributed by atoms with Crippen molar-refractivity contribution in [2.24, 2.45) is 5.92 Å². The summed E-state index contributed by atoms with van der Waals surface area (Å²) >= 11 is 0. The lowest BCUT2D eigenvalue weighted by molar-refractivity contribution is -0.174. The summed E-state index contributed by atoms with van der Waals surface area (Å²) in [5, 5.41) is 20.3. The van der Waals surface area contributed by atoms with Gasteiger partial charge in [-0.15, -0.1) is 0 Å². The Bertz CT molecular complexity index is 646. The number of nitrogens with zero attached hydrogens (tertiary/aromatic N) is 1. The molecule has 0 heterocycles. The lowest BCUT2D eigenvalue weighted by Gasteiger charge is -2.36. The lowest BCUT2D eigenvalue weighted by Crippen LogP contribution is -2.45. The van der Waals surface area contributed by atoms with Crippen molar-refractivity contribution in [2.45, 2.75) is 51.0 Å². The van der Waals surface area contributed by atoms with E-state index < -0.39 is 11.6 Å². The first kappa shape index (κ1) is 22.4. The third-order valence-electron chi connectivity index (χ3n) is 5.50. The van der Waals surface area contributed by atoms with Gasteiger partial charge in [-0.3, -0.25) is 4.90 Å². The highest BCUT2D eigenvalue weighted by Gasteiger charge is 2.46. The molecule has 1 aliphatic rings. The van der Waals surface area contributed by atoms with Crippen molar-refractivity contribution < 1.29 is 19.7 Å². The van der Waals surface area contributed by atoms with Crippen molar-refractivity contribution in [3.8, 4) is 11.8 Å². The van der Waals surface area contributed by atoms with Crippen molar-refractivity contribution in [3.63, 3.8) is 0 Å². The largest absolute Gasteiger partial charge is 0.450 e. The number of aliphatic hydroxyl groups excluding tert-OH is 1. The quantitative estimate of drug-likeness (QED) is 0.504. The molecule has 1 unspecified atom stereocenters. The van der Waals surface area contributed by atoms with Crippen LogP contribution in [0.2, 0.25) is 0 Å². The Morgan fingerprint density at radius 1 is 1.21 bits per heavy atom. The van der Waals surface area contributed by atoms with Gasteiger partial charge in [0.2, 0.25) is 0 Å². The van der Waals surface area contributed by atoms with Crippen LogP contribution in [-0.4, -0.2) is 53.9 Å². The lowest BCUT2D eigenvalue weighted by atomic mass is 9.73. The molecule has 0 bridgehead atoms. The first-order valence-corrected chi connectivity index (χ1v) is 10.4. The van der Waals surface area contributed by atoms with Crippen LogP contribution in [0, 0.1) is 17.8 Å². The van der Waals surface area contributed by atoms with Crippen LogP contribution in [0.15, 0.2) is 30.3 Å². The summed E-state index contributed by atoms with van der Waals surface area (Å²) in [5.74, 6) is 5.15. The van der Waals surface area contributed by atoms with E-state index in [1.807, 2.05) is 25.1 Å². The average molecular weight is 388 g/mol. The molecule has 2 rings (SSSR count). The van der Waals surface area contributed by atoms with Crippen LogP contribution in [0.1, 0.15) is 51.0 Å². The van der Waals surface area contributed by atoms with Crippen molar-refractivity contribution in [1.82, 2.24) is 4.90 Å². The minimum atomic E-state index is -1.61. The highest BCUT2D eigenvalue weighted by molar-refractivity contribution is 5.81. The predicted octanol–water partition coefficient (Wildman–Crippen LogP) is 2.71. The van der Waals surface area contributed by atoms with E-state index in [2.05, 4.69) is 16.7 Å². The number of carbonyl (C=O) groups excluding carboxylic acids is 1. The number of hydrogen-bond donors (Lipinski definition) is 2. The van der Waals surface area contributed by atoms with E-state index in [-0.39, 0.29) is 19.1 Å². The Kier molecular flexibility index (Phi) is 9.49. The zero-order chi connectivity index (χ0) is 20.2. The number of rotatable bonds is 9. The highest BCUT2D eigenvalue weighted by atomic mass is 16.5. The minimum absolute atomic E-state index is 0.0295. The van der Waals surface area contributed by atoms with Crippen LogP contribution in [-0.2, 0) is 15.1 Å². The third kappa shape index (κ3) is 6.07. The fourth-order valence-corrected chi connectivity index (χ4v) is 3.81. The summed E-state index contributed by atoms with van der Waals surface area (Å²) in [7, 11) is 0. The molecule has 5 heteroatoms. The third-order valence-corrected chi connectivity index (χ3v) is 5.50. The van der Waals surface area contributed by atoms with E-state index in [1.165, 1.54) is 0 Å². The molecule has 1 aliphatic carbocycles. The number of carbonyl (C=O) groups is 1. The molecular weight excluding hydrogens is 354 g/mol. The van der Waals surface area contributed by atoms with E-state index in [4.69, 9.17) is 9.84 Å². The summed E-state index contributed by atoms with van der Waals surface area (Å²) in [4.78, 5) is 15.0. The first-order valence-electron chi connectivity index (χ1n) is 10.4. The fraction of sp³-hybridized carbons (Fsp3) is 0.609. The molecule has 1 atom stereocenters. The molecule has 0 radical (unpaired) electrons. The summed E-state index contributed by atoms with van der Waals surface area (Å²) in [6, 6.07) is 9.13. The highest BCUT2D eigenvalue weighted by Crippen LogP contribution is 2.40. The molecule has 0 spiro atoms. The minimum Gasteiger partial charge on any atom is -0.450 e. The Morgan fingerprint density at radius 3 is 2.57 bits per heavy atom. The summed E-state index contributed by atoms with van der Waals surface area (Å²) in [6.07, 6.45) is 5.55. The molecular formula is C23H33NO4. The first-order chi connectivity index (χ1) is 13.6. The molecule has 2 N–H and O–H groups in total. The van der Waals surface area contributed by atoms with E-state index in [9.17, 15) is 9.90 Å². The van der Waals surface area contributed by atoms with E-state index >= 15 is 0 Å². The fourth-order valence-electron chi connectivity index (χ4n) is 3.81. The Balaban J connectivity index is 1.99. The predicted molar refractivity (Wildman–Crippen MR) is 109 cm³/mol. The van der Waals surface area contributed by atoms with Crippen LogP contribution in [0.4, 0.5) is 0 Å². The molecule has 28 heavy (non-hydrogen) atoms. The standard InChI is InChI=1S/C23H33NO4/c1-2-24(17-11-18-25)16-9-10-19-28-22(26)23(27,20-12-5-3-6-13-20)21-14-7-4-8-15-21/h3,5-6,12-13,21,25,27H,2,4,7-8,11,14-19H2,1H3. The summed E-state index contributed by atoms with van der Waals surface area (Å²) in [5.41, 5.74) is -1.01. The van der Waals surface area contributed by atoms with Crippen LogP contribution < -0.4 is 0 Å². The SMILES string of the molecule is CCN(CC#CCOC(=O)C(O)(c1ccccc1)C1CCCCC1)CCCO. The van der Waals surface area contributed by atoms with Crippen molar-refractivity contribution in [2.75, 3.05) is 32.8 Å². The molecule has 0 amide bonds. The Hall–Kier alpha value is -1.87. The van der Waals surface area contributed by atoms with E-state index in [1.54, 1.807) is 12.1 Å². The molecule has 1 aromatic carbocycles. The number of benzene rings is 1. The van der Waals surface area contributed by atoms with E-state index in [0.29, 0.717) is 12.1 Å². The van der Waals surface area contributed by atoms with Gasteiger partial charge < -0.3 is 14.9 Å². The summed E-state index contributed by atoms with van der Waals surface area (Å²) < 4.78 is 5.39. The molecule has 0 aliphatic heterocycles. The maximum atomic E-state index is 12.9. The van der Waals surface area contributed by atoms with Gasteiger partial charge in [0.05, 0.1) is 6.54 Å². The number of ether oxygens (including phenoxy) is 1. The Morgan fingerprint density at radius 2 is 1.93 bits per heavy atom. The van der Waals surface area contributed by atoms with Crippen LogP contribution in [0.25, 0.3) is 0 Å². The molecule has 5 nitrogen and oxygen atoms in total. The van der Waals surface area contributed by atoms with Gasteiger partial charge in [0.25, 0.3) is 0 Å². The van der Waals surface area contributed by atoms with Gasteiger partial charge in [0, 0.05) is 19.1 Å². The number of hydrogen-bond acceptors (Lipinski definition) is 5. The second-order valence-corrected chi connectivity index (χ2v) is 7.34. The van der Waals surface area contributed by atoms with Gasteiger partial charge in [0.15, 0.2) is 12.2 Å². The van der Waals surface area contributed by atoms with Gasteiger partial charge in [-0.05, 0) is 31.4 Å². The van der Waals surface area contributed by atoms with Gasteiger partial charge in [-0.2, -0.15) is 0 Å². The van der Waals surface area contributed by atoms with Gasteiger partial charge >= 0.3 is 5.97 Å². The van der Waals surface area contributed by atoms with Crippen LogP contribution in [0.5, 0.6) is 0 Å². The van der Waals surface area contributed by atoms with Gasteiger partial charge in [-0.25, -0.2) is 4.79 Å². The van der Waals surface area contributed by atoms with E-state index in [0.717, 1.165) is 51.6 Å². The Labute approximate surface area is 168 Å².